The number of carboxylic acids is 1. The van der Waals surface area contributed by atoms with Crippen molar-refractivity contribution in [1.29, 1.82) is 0 Å². The lowest BCUT2D eigenvalue weighted by Crippen LogP contribution is -2.45. The molecule has 2 amide bonds. The maximum absolute atomic E-state index is 11.4. The molecule has 0 fully saturated rings. The van der Waals surface area contributed by atoms with E-state index >= 15 is 0 Å². The summed E-state index contributed by atoms with van der Waals surface area (Å²) in [5.74, 6) is -1.09. The van der Waals surface area contributed by atoms with E-state index in [-0.39, 0.29) is 0 Å². The summed E-state index contributed by atoms with van der Waals surface area (Å²) in [5, 5.41) is 17.5. The van der Waals surface area contributed by atoms with Crippen LogP contribution in [-0.2, 0) is 11.2 Å². The molecule has 0 spiro atoms. The summed E-state index contributed by atoms with van der Waals surface area (Å²) in [6.45, 7) is 3.52. The summed E-state index contributed by atoms with van der Waals surface area (Å²) >= 11 is 0. The standard InChI is InChI=1S/C10H16N4O4/c1-6(9(15)16)7(2)13-10(17)11-4-3-8-12-5-18-14-8/h5-7H,3-4H2,1-2H3,(H,15,16)(H2,11,13,17). The minimum atomic E-state index is -0.949. The van der Waals surface area contributed by atoms with Gasteiger partial charge < -0.3 is 20.3 Å². The fourth-order valence-electron chi connectivity index (χ4n) is 1.19. The second-order valence-corrected chi connectivity index (χ2v) is 3.91. The summed E-state index contributed by atoms with van der Waals surface area (Å²) < 4.78 is 4.54. The van der Waals surface area contributed by atoms with Crippen LogP contribution in [0.4, 0.5) is 4.79 Å². The minimum absolute atomic E-state index is 0.347. The number of nitrogens with one attached hydrogen (secondary N) is 2. The van der Waals surface area contributed by atoms with Gasteiger partial charge in [0.15, 0.2) is 5.82 Å². The Morgan fingerprint density at radius 2 is 2.22 bits per heavy atom. The van der Waals surface area contributed by atoms with Crippen molar-refractivity contribution in [3.63, 3.8) is 0 Å². The van der Waals surface area contributed by atoms with Crippen LogP contribution < -0.4 is 10.6 Å². The number of urea groups is 1. The molecular formula is C10H16N4O4. The first-order valence-corrected chi connectivity index (χ1v) is 5.53. The van der Waals surface area contributed by atoms with E-state index in [2.05, 4.69) is 25.3 Å². The molecule has 3 N–H and O–H groups in total. The molecule has 18 heavy (non-hydrogen) atoms. The molecule has 100 valence electrons. The largest absolute Gasteiger partial charge is 0.481 e. The number of aromatic nitrogens is 2. The predicted molar refractivity (Wildman–Crippen MR) is 60.8 cm³/mol. The molecule has 2 atom stereocenters. The molecule has 0 saturated carbocycles. The van der Waals surface area contributed by atoms with E-state index < -0.39 is 24.0 Å². The van der Waals surface area contributed by atoms with Crippen LogP contribution in [0.3, 0.4) is 0 Å². The van der Waals surface area contributed by atoms with E-state index in [9.17, 15) is 9.59 Å². The Balaban J connectivity index is 2.23. The quantitative estimate of drug-likeness (QED) is 0.660. The van der Waals surface area contributed by atoms with Crippen LogP contribution in [0.5, 0.6) is 0 Å². The van der Waals surface area contributed by atoms with E-state index in [1.54, 1.807) is 6.92 Å². The highest BCUT2D eigenvalue weighted by Gasteiger charge is 2.20. The second kappa shape index (κ2) is 6.58. The molecule has 1 aromatic rings. The normalized spacial score (nSPS) is 13.7. The van der Waals surface area contributed by atoms with Crippen LogP contribution in [0.25, 0.3) is 0 Å². The predicted octanol–water partition coefficient (Wildman–Crippen LogP) is 0.0205. The molecule has 0 radical (unpaired) electrons. The zero-order valence-corrected chi connectivity index (χ0v) is 10.2. The smallest absolute Gasteiger partial charge is 0.315 e. The summed E-state index contributed by atoms with van der Waals surface area (Å²) in [4.78, 5) is 25.9. The van der Waals surface area contributed by atoms with Crippen molar-refractivity contribution < 1.29 is 19.2 Å². The van der Waals surface area contributed by atoms with Gasteiger partial charge in [-0.25, -0.2) is 4.79 Å². The van der Waals surface area contributed by atoms with E-state index in [1.165, 1.54) is 13.3 Å². The molecule has 0 saturated heterocycles. The van der Waals surface area contributed by atoms with Gasteiger partial charge in [-0.05, 0) is 13.8 Å². The summed E-state index contributed by atoms with van der Waals surface area (Å²) in [6, 6.07) is -0.869. The van der Waals surface area contributed by atoms with Gasteiger partial charge in [0.1, 0.15) is 0 Å². The maximum atomic E-state index is 11.4. The van der Waals surface area contributed by atoms with Gasteiger partial charge in [-0.2, -0.15) is 4.98 Å². The fourth-order valence-corrected chi connectivity index (χ4v) is 1.19. The van der Waals surface area contributed by atoms with Crippen molar-refractivity contribution >= 4 is 12.0 Å². The Kier molecular flexibility index (Phi) is 5.09. The lowest BCUT2D eigenvalue weighted by Gasteiger charge is -2.17. The molecule has 0 aliphatic carbocycles. The monoisotopic (exact) mass is 256 g/mol. The van der Waals surface area contributed by atoms with Gasteiger partial charge >= 0.3 is 12.0 Å². The van der Waals surface area contributed by atoms with Crippen LogP contribution in [-0.4, -0.2) is 39.8 Å². The number of nitrogens with zero attached hydrogens (tertiary/aromatic N) is 2. The van der Waals surface area contributed by atoms with Crippen LogP contribution >= 0.6 is 0 Å². The summed E-state index contributed by atoms with van der Waals surface area (Å²) in [5.41, 5.74) is 0. The molecule has 2 unspecified atom stereocenters. The lowest BCUT2D eigenvalue weighted by atomic mass is 10.0. The number of carbonyl (C=O) groups is 2. The lowest BCUT2D eigenvalue weighted by molar-refractivity contribution is -0.141. The highest BCUT2D eigenvalue weighted by molar-refractivity contribution is 5.76. The average Bonchev–Trinajstić information content (AvgIpc) is 2.80. The van der Waals surface area contributed by atoms with E-state index in [0.29, 0.717) is 18.8 Å². The third kappa shape index (κ3) is 4.40. The Bertz CT molecular complexity index is 393. The zero-order chi connectivity index (χ0) is 13.5. The Hall–Kier alpha value is -2.12. The number of hydrogen-bond donors (Lipinski definition) is 3. The highest BCUT2D eigenvalue weighted by Crippen LogP contribution is 2.01. The van der Waals surface area contributed by atoms with Crippen LogP contribution in [0.15, 0.2) is 10.9 Å². The first-order valence-electron chi connectivity index (χ1n) is 5.53. The molecule has 1 rings (SSSR count). The Labute approximate surface area is 104 Å². The maximum Gasteiger partial charge on any atom is 0.315 e. The third-order valence-corrected chi connectivity index (χ3v) is 2.54. The van der Waals surface area contributed by atoms with Crippen LogP contribution in [0.1, 0.15) is 19.7 Å². The molecule has 8 heteroatoms. The van der Waals surface area contributed by atoms with Crippen LogP contribution in [0, 0.1) is 5.92 Å². The van der Waals surface area contributed by atoms with Gasteiger partial charge in [0.25, 0.3) is 0 Å². The van der Waals surface area contributed by atoms with E-state index in [0.717, 1.165) is 0 Å². The first kappa shape index (κ1) is 13.9. The number of amides is 2. The number of aliphatic carboxylic acids is 1. The van der Waals surface area contributed by atoms with Crippen molar-refractivity contribution in [3.8, 4) is 0 Å². The summed E-state index contributed by atoms with van der Waals surface area (Å²) in [6.07, 6.45) is 1.67. The SMILES string of the molecule is CC(NC(=O)NCCc1ncon1)C(C)C(=O)O. The van der Waals surface area contributed by atoms with Crippen molar-refractivity contribution in [2.75, 3.05) is 6.54 Å². The van der Waals surface area contributed by atoms with E-state index in [1.807, 2.05) is 0 Å². The number of carbonyl (C=O) groups excluding carboxylic acids is 1. The first-order chi connectivity index (χ1) is 8.50. The zero-order valence-electron chi connectivity index (χ0n) is 10.2. The Morgan fingerprint density at radius 1 is 1.50 bits per heavy atom. The number of hydrogen-bond acceptors (Lipinski definition) is 5. The topological polar surface area (TPSA) is 117 Å². The average molecular weight is 256 g/mol. The van der Waals surface area contributed by atoms with Gasteiger partial charge in [-0.15, -0.1) is 0 Å². The third-order valence-electron chi connectivity index (χ3n) is 2.54. The second-order valence-electron chi connectivity index (χ2n) is 3.91. The number of carboxylic acid groups (broad SMARTS) is 1. The van der Waals surface area contributed by atoms with Gasteiger partial charge in [0, 0.05) is 19.0 Å². The van der Waals surface area contributed by atoms with Gasteiger partial charge in [-0.1, -0.05) is 5.16 Å². The molecule has 1 aromatic heterocycles. The molecule has 8 nitrogen and oxygen atoms in total. The van der Waals surface area contributed by atoms with Gasteiger partial charge in [0.2, 0.25) is 6.39 Å². The van der Waals surface area contributed by atoms with Gasteiger partial charge in [-0.3, -0.25) is 4.79 Å². The molecule has 0 aliphatic heterocycles. The van der Waals surface area contributed by atoms with Crippen molar-refractivity contribution in [1.82, 2.24) is 20.8 Å². The van der Waals surface area contributed by atoms with Crippen molar-refractivity contribution in [2.45, 2.75) is 26.3 Å². The van der Waals surface area contributed by atoms with Crippen molar-refractivity contribution in [2.24, 2.45) is 5.92 Å². The minimum Gasteiger partial charge on any atom is -0.481 e. The summed E-state index contributed by atoms with van der Waals surface area (Å²) in [7, 11) is 0. The van der Waals surface area contributed by atoms with Crippen LogP contribution in [0.2, 0.25) is 0 Å². The van der Waals surface area contributed by atoms with Crippen molar-refractivity contribution in [3.05, 3.63) is 12.2 Å². The fraction of sp³-hybridized carbons (Fsp3) is 0.600. The van der Waals surface area contributed by atoms with E-state index in [4.69, 9.17) is 5.11 Å². The number of rotatable bonds is 6. The van der Waals surface area contributed by atoms with Gasteiger partial charge in [0.05, 0.1) is 5.92 Å². The molecule has 0 bridgehead atoms. The molecular weight excluding hydrogens is 240 g/mol. The Morgan fingerprint density at radius 3 is 2.78 bits per heavy atom. The highest BCUT2D eigenvalue weighted by atomic mass is 16.5. The molecule has 0 aliphatic rings. The molecule has 1 heterocycles. The molecule has 0 aromatic carbocycles.